The monoisotopic (exact) mass is 423 g/mol. The molecule has 160 valence electrons. The van der Waals surface area contributed by atoms with Gasteiger partial charge in [0.1, 0.15) is 11.9 Å². The maximum Gasteiger partial charge on any atom is 0.120 e. The van der Waals surface area contributed by atoms with Crippen LogP contribution in [0.2, 0.25) is 0 Å². The number of pyridine rings is 2. The Labute approximate surface area is 186 Å². The molecule has 0 saturated heterocycles. The van der Waals surface area contributed by atoms with E-state index < -0.39 is 0 Å². The molecule has 32 heavy (non-hydrogen) atoms. The van der Waals surface area contributed by atoms with E-state index in [1.165, 1.54) is 0 Å². The van der Waals surface area contributed by atoms with Crippen molar-refractivity contribution in [2.45, 2.75) is 32.7 Å². The van der Waals surface area contributed by atoms with Gasteiger partial charge in [-0.05, 0) is 43.3 Å². The molecule has 0 spiro atoms. The highest BCUT2D eigenvalue weighted by molar-refractivity contribution is 5.83. The first kappa shape index (κ1) is 20.1. The van der Waals surface area contributed by atoms with Gasteiger partial charge in [0.25, 0.3) is 0 Å². The van der Waals surface area contributed by atoms with E-state index in [0.29, 0.717) is 0 Å². The average Bonchev–Trinajstić information content (AvgIpc) is 3.35. The molecule has 0 N–H and O–H groups in total. The molecular weight excluding hydrogens is 398 g/mol. The van der Waals surface area contributed by atoms with Crippen LogP contribution in [0.3, 0.4) is 0 Å². The van der Waals surface area contributed by atoms with Gasteiger partial charge >= 0.3 is 0 Å². The molecule has 7 heteroatoms. The smallest absolute Gasteiger partial charge is 0.120 e. The van der Waals surface area contributed by atoms with Gasteiger partial charge in [-0.3, -0.25) is 9.97 Å². The molecule has 0 saturated carbocycles. The van der Waals surface area contributed by atoms with Crippen molar-refractivity contribution in [3.8, 4) is 11.3 Å². The zero-order valence-electron chi connectivity index (χ0n) is 18.6. The Morgan fingerprint density at radius 3 is 2.09 bits per heavy atom. The third-order valence-corrected chi connectivity index (χ3v) is 5.70. The highest BCUT2D eigenvalue weighted by Crippen LogP contribution is 2.34. The number of aromatic nitrogens is 7. The van der Waals surface area contributed by atoms with Crippen molar-refractivity contribution in [2.75, 3.05) is 0 Å². The number of nitrogens with zero attached hydrogens (tertiary/aromatic N) is 7. The standard InChI is InChI=1S/C25H25N7/c1-16(2)25-28-19-12-11-18(23-17(3)29-30-31(23)4)15-22(19)32(25)24(20-9-5-7-13-26-20)21-10-6-8-14-27-21/h5-16,24H,1-4H3. The topological polar surface area (TPSA) is 74.3 Å². The Morgan fingerprint density at radius 2 is 1.56 bits per heavy atom. The van der Waals surface area contributed by atoms with Gasteiger partial charge in [-0.15, -0.1) is 5.10 Å². The number of hydrogen-bond donors (Lipinski definition) is 0. The number of imidazole rings is 1. The molecule has 4 aromatic heterocycles. The van der Waals surface area contributed by atoms with E-state index in [-0.39, 0.29) is 12.0 Å². The summed E-state index contributed by atoms with van der Waals surface area (Å²) in [5.74, 6) is 1.22. The second-order valence-corrected chi connectivity index (χ2v) is 8.26. The van der Waals surface area contributed by atoms with Crippen molar-refractivity contribution < 1.29 is 0 Å². The fourth-order valence-electron chi connectivity index (χ4n) is 4.29. The second kappa shape index (κ2) is 8.00. The molecule has 1 aromatic carbocycles. The van der Waals surface area contributed by atoms with Gasteiger partial charge in [0.05, 0.1) is 33.8 Å². The van der Waals surface area contributed by atoms with Gasteiger partial charge in [-0.1, -0.05) is 37.3 Å². The van der Waals surface area contributed by atoms with E-state index >= 15 is 0 Å². The Hall–Kier alpha value is -3.87. The summed E-state index contributed by atoms with van der Waals surface area (Å²) in [6.45, 7) is 6.32. The van der Waals surface area contributed by atoms with Crippen molar-refractivity contribution in [2.24, 2.45) is 7.05 Å². The zero-order valence-corrected chi connectivity index (χ0v) is 18.6. The summed E-state index contributed by atoms with van der Waals surface area (Å²) in [6.07, 6.45) is 3.66. The molecule has 0 bridgehead atoms. The Balaban J connectivity index is 1.82. The lowest BCUT2D eigenvalue weighted by Crippen LogP contribution is -2.18. The van der Waals surface area contributed by atoms with Gasteiger partial charge in [0.15, 0.2) is 0 Å². The number of fused-ring (bicyclic) bond motifs is 1. The third kappa shape index (κ3) is 3.36. The van der Waals surface area contributed by atoms with Crippen LogP contribution in [0.5, 0.6) is 0 Å². The number of hydrogen-bond acceptors (Lipinski definition) is 5. The van der Waals surface area contributed by atoms with Gasteiger partial charge < -0.3 is 4.57 Å². The minimum atomic E-state index is -0.194. The maximum atomic E-state index is 5.02. The van der Waals surface area contributed by atoms with E-state index in [1.54, 1.807) is 0 Å². The zero-order chi connectivity index (χ0) is 22.2. The fourth-order valence-corrected chi connectivity index (χ4v) is 4.29. The summed E-state index contributed by atoms with van der Waals surface area (Å²) in [7, 11) is 1.92. The van der Waals surface area contributed by atoms with Crippen LogP contribution in [0.25, 0.3) is 22.3 Å². The van der Waals surface area contributed by atoms with Crippen LogP contribution < -0.4 is 0 Å². The van der Waals surface area contributed by atoms with Crippen molar-refractivity contribution in [3.05, 3.63) is 89.9 Å². The quantitative estimate of drug-likeness (QED) is 0.410. The highest BCUT2D eigenvalue weighted by atomic mass is 15.4. The molecule has 0 aliphatic rings. The predicted molar refractivity (Wildman–Crippen MR) is 124 cm³/mol. The number of rotatable bonds is 5. The minimum absolute atomic E-state index is 0.194. The summed E-state index contributed by atoms with van der Waals surface area (Å²) in [5.41, 5.74) is 6.79. The van der Waals surface area contributed by atoms with Crippen LogP contribution >= 0.6 is 0 Å². The SMILES string of the molecule is Cc1nnn(C)c1-c1ccc2nc(C(C)C)n(C(c3ccccn3)c3ccccn3)c2c1. The summed E-state index contributed by atoms with van der Waals surface area (Å²) in [5, 5.41) is 8.41. The normalized spacial score (nSPS) is 11.7. The molecule has 0 fully saturated rings. The summed E-state index contributed by atoms with van der Waals surface area (Å²) in [6, 6.07) is 18.2. The molecule has 0 aliphatic heterocycles. The van der Waals surface area contributed by atoms with Crippen LogP contribution in [0.15, 0.2) is 67.0 Å². The average molecular weight is 424 g/mol. The van der Waals surface area contributed by atoms with Crippen LogP contribution in [-0.2, 0) is 7.05 Å². The van der Waals surface area contributed by atoms with Crippen LogP contribution in [0, 0.1) is 6.92 Å². The highest BCUT2D eigenvalue weighted by Gasteiger charge is 2.26. The third-order valence-electron chi connectivity index (χ3n) is 5.70. The lowest BCUT2D eigenvalue weighted by atomic mass is 10.1. The molecule has 5 rings (SSSR count). The van der Waals surface area contributed by atoms with Crippen LogP contribution in [0.4, 0.5) is 0 Å². The van der Waals surface area contributed by atoms with E-state index in [9.17, 15) is 0 Å². The van der Waals surface area contributed by atoms with E-state index in [0.717, 1.165) is 45.2 Å². The summed E-state index contributed by atoms with van der Waals surface area (Å²) >= 11 is 0. The minimum Gasteiger partial charge on any atom is -0.313 e. The Kier molecular flexibility index (Phi) is 5.01. The molecule has 7 nitrogen and oxygen atoms in total. The van der Waals surface area contributed by atoms with E-state index in [1.807, 2.05) is 67.4 Å². The van der Waals surface area contributed by atoms with Gasteiger partial charge in [-0.25, -0.2) is 9.67 Å². The van der Waals surface area contributed by atoms with Gasteiger partial charge in [0, 0.05) is 30.9 Å². The Morgan fingerprint density at radius 1 is 0.875 bits per heavy atom. The van der Waals surface area contributed by atoms with Crippen molar-refractivity contribution in [1.82, 2.24) is 34.5 Å². The number of aryl methyl sites for hydroxylation is 2. The largest absolute Gasteiger partial charge is 0.313 e. The first-order valence-corrected chi connectivity index (χ1v) is 10.7. The molecule has 0 unspecified atom stereocenters. The maximum absolute atomic E-state index is 5.02. The van der Waals surface area contributed by atoms with E-state index in [2.05, 4.69) is 46.9 Å². The van der Waals surface area contributed by atoms with Crippen molar-refractivity contribution in [3.63, 3.8) is 0 Å². The molecule has 0 amide bonds. The fraction of sp³-hybridized carbons (Fsp3) is 0.240. The predicted octanol–water partition coefficient (Wildman–Crippen LogP) is 4.69. The van der Waals surface area contributed by atoms with Crippen molar-refractivity contribution in [1.29, 1.82) is 0 Å². The van der Waals surface area contributed by atoms with Crippen LogP contribution in [-0.4, -0.2) is 34.5 Å². The lowest BCUT2D eigenvalue weighted by molar-refractivity contribution is 0.596. The number of benzene rings is 1. The molecule has 4 heterocycles. The Bertz CT molecular complexity index is 1310. The molecule has 5 aromatic rings. The van der Waals surface area contributed by atoms with Crippen molar-refractivity contribution >= 4 is 11.0 Å². The molecule has 0 radical (unpaired) electrons. The lowest BCUT2D eigenvalue weighted by Gasteiger charge is -2.22. The van der Waals surface area contributed by atoms with Crippen LogP contribution in [0.1, 0.15) is 48.7 Å². The first-order valence-electron chi connectivity index (χ1n) is 10.7. The van der Waals surface area contributed by atoms with E-state index in [4.69, 9.17) is 15.0 Å². The summed E-state index contributed by atoms with van der Waals surface area (Å²) in [4.78, 5) is 14.4. The van der Waals surface area contributed by atoms with Gasteiger partial charge in [-0.2, -0.15) is 0 Å². The molecule has 0 aliphatic carbocycles. The molecule has 0 atom stereocenters. The first-order chi connectivity index (χ1) is 15.5. The molecular formula is C25H25N7. The second-order valence-electron chi connectivity index (χ2n) is 8.26. The summed E-state index contributed by atoms with van der Waals surface area (Å²) < 4.78 is 4.10. The van der Waals surface area contributed by atoms with Gasteiger partial charge in [0.2, 0.25) is 0 Å².